The molecule has 0 radical (unpaired) electrons. The lowest BCUT2D eigenvalue weighted by atomic mass is 9.92. The highest BCUT2D eigenvalue weighted by atomic mass is 16.2. The zero-order valence-electron chi connectivity index (χ0n) is 10.3. The molecule has 0 aromatic carbocycles. The fraction of sp³-hybridized carbons (Fsp3) is 0.917. The molecule has 1 rings (SSSR count). The Morgan fingerprint density at radius 3 is 2.73 bits per heavy atom. The summed E-state index contributed by atoms with van der Waals surface area (Å²) in [5.74, 6) is 1.01. The molecule has 0 aromatic heterocycles. The molecule has 88 valence electrons. The highest BCUT2D eigenvalue weighted by Gasteiger charge is 2.24. The lowest BCUT2D eigenvalue weighted by molar-refractivity contribution is -0.135. The minimum Gasteiger partial charge on any atom is -0.341 e. The van der Waals surface area contributed by atoms with Gasteiger partial charge in [0, 0.05) is 26.1 Å². The zero-order valence-corrected chi connectivity index (χ0v) is 10.3. The lowest BCUT2D eigenvalue weighted by Crippen LogP contribution is -2.42. The third-order valence-electron chi connectivity index (χ3n) is 3.14. The molecule has 0 N–H and O–H groups in total. The first-order valence-corrected chi connectivity index (χ1v) is 6.06. The summed E-state index contributed by atoms with van der Waals surface area (Å²) in [4.78, 5) is 15.9. The molecule has 0 spiro atoms. The molecule has 1 aliphatic heterocycles. The van der Waals surface area contributed by atoms with E-state index >= 15 is 0 Å². The lowest BCUT2D eigenvalue weighted by Gasteiger charge is -2.32. The van der Waals surface area contributed by atoms with Crippen LogP contribution in [0.3, 0.4) is 0 Å². The largest absolute Gasteiger partial charge is 0.341 e. The van der Waals surface area contributed by atoms with Gasteiger partial charge in [-0.15, -0.1) is 0 Å². The molecule has 1 amide bonds. The molecule has 15 heavy (non-hydrogen) atoms. The first-order valence-electron chi connectivity index (χ1n) is 6.06. The number of piperidine rings is 1. The van der Waals surface area contributed by atoms with Crippen LogP contribution in [-0.2, 0) is 4.79 Å². The van der Waals surface area contributed by atoms with Crippen LogP contribution in [0.15, 0.2) is 0 Å². The predicted molar refractivity (Wildman–Crippen MR) is 62.8 cm³/mol. The van der Waals surface area contributed by atoms with Gasteiger partial charge in [0.05, 0.1) is 0 Å². The number of likely N-dealkylation sites (N-methyl/N-ethyl adjacent to an activating group) is 1. The minimum absolute atomic E-state index is 0.363. The van der Waals surface area contributed by atoms with E-state index in [1.807, 2.05) is 19.0 Å². The van der Waals surface area contributed by atoms with Crippen molar-refractivity contribution < 1.29 is 4.79 Å². The molecular formula is C12H24N2O. The molecule has 3 heteroatoms. The van der Waals surface area contributed by atoms with Gasteiger partial charge in [-0.3, -0.25) is 4.79 Å². The van der Waals surface area contributed by atoms with Crippen molar-refractivity contribution in [2.75, 3.05) is 33.7 Å². The van der Waals surface area contributed by atoms with Crippen molar-refractivity contribution in [2.24, 2.45) is 5.92 Å². The normalized spacial score (nSPS) is 22.5. The second-order valence-electron chi connectivity index (χ2n) is 4.83. The van der Waals surface area contributed by atoms with Gasteiger partial charge < -0.3 is 9.80 Å². The molecule has 1 atom stereocenters. The van der Waals surface area contributed by atoms with E-state index in [1.54, 1.807) is 0 Å². The van der Waals surface area contributed by atoms with Gasteiger partial charge in [-0.05, 0) is 26.4 Å². The first kappa shape index (κ1) is 12.5. The van der Waals surface area contributed by atoms with Crippen molar-refractivity contribution in [3.63, 3.8) is 0 Å². The summed E-state index contributed by atoms with van der Waals surface area (Å²) < 4.78 is 0. The molecule has 0 aliphatic carbocycles. The number of hydrogen-bond donors (Lipinski definition) is 0. The number of carbonyl (C=O) groups is 1. The maximum absolute atomic E-state index is 11.8. The second kappa shape index (κ2) is 6.11. The molecule has 0 unspecified atom stereocenters. The van der Waals surface area contributed by atoms with Crippen molar-refractivity contribution in [3.05, 3.63) is 0 Å². The van der Waals surface area contributed by atoms with E-state index in [0.717, 1.165) is 26.1 Å². The van der Waals surface area contributed by atoms with Gasteiger partial charge in [-0.25, -0.2) is 0 Å². The van der Waals surface area contributed by atoms with Gasteiger partial charge in [0.2, 0.25) is 5.91 Å². The minimum atomic E-state index is 0.363. The van der Waals surface area contributed by atoms with Crippen LogP contribution in [-0.4, -0.2) is 49.4 Å². The van der Waals surface area contributed by atoms with E-state index in [4.69, 9.17) is 0 Å². The van der Waals surface area contributed by atoms with Gasteiger partial charge in [-0.1, -0.05) is 19.8 Å². The summed E-state index contributed by atoms with van der Waals surface area (Å²) in [6, 6.07) is 0. The smallest absolute Gasteiger partial charge is 0.222 e. The van der Waals surface area contributed by atoms with E-state index < -0.39 is 0 Å². The van der Waals surface area contributed by atoms with Crippen LogP contribution < -0.4 is 0 Å². The SMILES string of the molecule is CCC[C@H]1CCN(CCN(C)C)C(=O)C1. The van der Waals surface area contributed by atoms with Gasteiger partial charge in [0.25, 0.3) is 0 Å². The third kappa shape index (κ3) is 4.20. The Kier molecular flexibility index (Phi) is 5.09. The molecule has 1 saturated heterocycles. The second-order valence-corrected chi connectivity index (χ2v) is 4.83. The molecule has 3 nitrogen and oxygen atoms in total. The van der Waals surface area contributed by atoms with E-state index in [-0.39, 0.29) is 0 Å². The monoisotopic (exact) mass is 212 g/mol. The van der Waals surface area contributed by atoms with Gasteiger partial charge in [-0.2, -0.15) is 0 Å². The predicted octanol–water partition coefficient (Wildman–Crippen LogP) is 1.59. The highest BCUT2D eigenvalue weighted by molar-refractivity contribution is 5.77. The van der Waals surface area contributed by atoms with Crippen LogP contribution in [0.1, 0.15) is 32.6 Å². The molecule has 1 heterocycles. The average Bonchev–Trinajstić information content (AvgIpc) is 2.17. The van der Waals surface area contributed by atoms with Crippen LogP contribution in [0.2, 0.25) is 0 Å². The number of amides is 1. The van der Waals surface area contributed by atoms with Gasteiger partial charge >= 0.3 is 0 Å². The summed E-state index contributed by atoms with van der Waals surface area (Å²) in [5, 5.41) is 0. The van der Waals surface area contributed by atoms with Crippen LogP contribution >= 0.6 is 0 Å². The van der Waals surface area contributed by atoms with Crippen molar-refractivity contribution in [3.8, 4) is 0 Å². The quantitative estimate of drug-likeness (QED) is 0.691. The topological polar surface area (TPSA) is 23.6 Å². The van der Waals surface area contributed by atoms with Crippen LogP contribution in [0, 0.1) is 5.92 Å². The van der Waals surface area contributed by atoms with E-state index in [2.05, 4.69) is 11.8 Å². The molecule has 0 bridgehead atoms. The van der Waals surface area contributed by atoms with Gasteiger partial charge in [0.15, 0.2) is 0 Å². The maximum atomic E-state index is 11.8. The fourth-order valence-electron chi connectivity index (χ4n) is 2.15. The Hall–Kier alpha value is -0.570. The van der Waals surface area contributed by atoms with Crippen molar-refractivity contribution in [1.82, 2.24) is 9.80 Å². The van der Waals surface area contributed by atoms with E-state index in [1.165, 1.54) is 19.3 Å². The Morgan fingerprint density at radius 2 is 2.20 bits per heavy atom. The molecule has 1 fully saturated rings. The Bertz CT molecular complexity index is 204. The van der Waals surface area contributed by atoms with Crippen molar-refractivity contribution in [1.29, 1.82) is 0 Å². The van der Waals surface area contributed by atoms with E-state index in [9.17, 15) is 4.79 Å². The summed E-state index contributed by atoms with van der Waals surface area (Å²) >= 11 is 0. The summed E-state index contributed by atoms with van der Waals surface area (Å²) in [6.07, 6.45) is 4.40. The van der Waals surface area contributed by atoms with Crippen LogP contribution in [0.5, 0.6) is 0 Å². The number of likely N-dealkylation sites (tertiary alicyclic amines) is 1. The molecule has 0 saturated carbocycles. The standard InChI is InChI=1S/C12H24N2O/c1-4-5-11-6-7-14(12(15)10-11)9-8-13(2)3/h11H,4-10H2,1-3H3/t11-/m0/s1. The van der Waals surface area contributed by atoms with Crippen LogP contribution in [0.25, 0.3) is 0 Å². The number of hydrogen-bond acceptors (Lipinski definition) is 2. The highest BCUT2D eigenvalue weighted by Crippen LogP contribution is 2.22. The maximum Gasteiger partial charge on any atom is 0.222 e. The van der Waals surface area contributed by atoms with Crippen LogP contribution in [0.4, 0.5) is 0 Å². The number of nitrogens with zero attached hydrogens (tertiary/aromatic N) is 2. The Balaban J connectivity index is 2.29. The third-order valence-corrected chi connectivity index (χ3v) is 3.14. The number of carbonyl (C=O) groups excluding carboxylic acids is 1. The van der Waals surface area contributed by atoms with Gasteiger partial charge in [0.1, 0.15) is 0 Å². The molecule has 0 aromatic rings. The van der Waals surface area contributed by atoms with Crippen molar-refractivity contribution >= 4 is 5.91 Å². The molecule has 1 aliphatic rings. The van der Waals surface area contributed by atoms with Crippen molar-refractivity contribution in [2.45, 2.75) is 32.6 Å². The van der Waals surface area contributed by atoms with E-state index in [0.29, 0.717) is 11.8 Å². The summed E-state index contributed by atoms with van der Waals surface area (Å²) in [5.41, 5.74) is 0. The first-order chi connectivity index (χ1) is 7.13. The zero-order chi connectivity index (χ0) is 11.3. The molecular weight excluding hydrogens is 188 g/mol. The summed E-state index contributed by atoms with van der Waals surface area (Å²) in [6.45, 7) is 5.04. The number of rotatable bonds is 5. The fourth-order valence-corrected chi connectivity index (χ4v) is 2.15. The Labute approximate surface area is 93.4 Å². The summed E-state index contributed by atoms with van der Waals surface area (Å²) in [7, 11) is 4.10. The Morgan fingerprint density at radius 1 is 1.47 bits per heavy atom. The average molecular weight is 212 g/mol.